The van der Waals surface area contributed by atoms with E-state index in [-0.39, 0.29) is 143 Å². The summed E-state index contributed by atoms with van der Waals surface area (Å²) in [5.74, 6) is -16.5. The molecular formula is C79H115N11O24S3. The number of rotatable bonds is 56. The molecule has 2 aromatic carbocycles. The Morgan fingerprint density at radius 3 is 1.94 bits per heavy atom. The molecule has 9 amide bonds. The number of nitrogens with zero attached hydrogens (tertiary/aromatic N) is 3. The topological polar surface area (TPSA) is 529 Å². The summed E-state index contributed by atoms with van der Waals surface area (Å²) in [6.07, 6.45) is 2.25. The third-order valence-electron chi connectivity index (χ3n) is 19.7. The Labute approximate surface area is 692 Å². The SMILES string of the molecule is CCCC(=O)OCN(C(=O)[C@@H](CC(=O)[C@H]1CCCCN1C)C(C)CC)[C@H](C[C@@H](C)c1nc(C(=O)N[C@@H](Cc2ccc(O)cc2)C[C@H](C)C(=O)NCC(=O)OCCSSC[C@H](NC(=O)[C@H](CC(=O)O)CC(=O)[C@H](CC(=O)O)NC(=O)Cc2ccc(CNC(=O)NCCCC[C@H](NC(=O)NCCCC(=O)O)C(=O)O)cc2)C(=O)O)cs1)C(C)C. The zero-order chi connectivity index (χ0) is 86.8. The number of ether oxygens (including phenoxy) is 2. The minimum Gasteiger partial charge on any atom is -0.508 e. The maximum atomic E-state index is 15.0. The number of esters is 2. The molecule has 4 rings (SSSR count). The van der Waals surface area contributed by atoms with E-state index in [1.165, 1.54) is 35.6 Å². The number of piperidine rings is 1. The molecule has 0 bridgehead atoms. The van der Waals surface area contributed by atoms with Crippen molar-refractivity contribution in [1.82, 2.24) is 57.3 Å². The van der Waals surface area contributed by atoms with E-state index in [0.29, 0.717) is 48.2 Å². The first-order valence-electron chi connectivity index (χ1n) is 39.3. The Balaban J connectivity index is 1.26. The number of ketones is 2. The Morgan fingerprint density at radius 2 is 1.31 bits per heavy atom. The fraction of sp³-hybridized carbons (Fsp3) is 0.608. The van der Waals surface area contributed by atoms with E-state index >= 15 is 0 Å². The van der Waals surface area contributed by atoms with Crippen LogP contribution in [0.2, 0.25) is 0 Å². The number of unbranched alkanes of at least 4 members (excludes halogenated alkanes) is 1. The van der Waals surface area contributed by atoms with Gasteiger partial charge in [0.2, 0.25) is 23.6 Å². The standard InChI is InChI=1S/C79H115N11O24S3/c1-9-16-69(101)114-45-90(75(106)56(47(5)10-2)39-64(93)61-18-12-14-30-89(61)8)62(46(3)4)34-49(7)74-87-59(43-115-74)73(105)84-54(35-50-24-26-55(91)27-25-50)33-48(6)71(103)82-42-70(102)113-31-32-116-117-44-60(77(109)110)86-72(104)53(38-67(97)98)37-63(92)58(40-68(99)100)85-65(94)36-51-20-22-52(23-21-51)41-83-78(111)80-28-13-11-17-57(76(107)108)88-79(112)81-29-15-19-66(95)96/h20-27,43,46-49,53-54,56-58,60-62,91H,9-19,28-42,44-45H2,1-8H3,(H,82,103)(H,84,105)(H,85,94)(H,86,104)(H,95,96)(H,97,98)(H,99,100)(H,107,108)(H,109,110)(H2,80,83,111)(H2,81,88,112)/t47?,48-,49+,53-,54+,56-,57-,58-,60-,61+,62+/m0/s1. The van der Waals surface area contributed by atoms with E-state index in [1.807, 2.05) is 48.6 Å². The minimum absolute atomic E-state index is 0.0158. The van der Waals surface area contributed by atoms with Crippen molar-refractivity contribution >= 4 is 128 Å². The number of aromatic nitrogens is 1. The first kappa shape index (κ1) is 99.4. The number of benzene rings is 2. The van der Waals surface area contributed by atoms with Crippen LogP contribution in [0.15, 0.2) is 53.9 Å². The molecule has 11 atom stereocenters. The van der Waals surface area contributed by atoms with Crippen molar-refractivity contribution in [3.8, 4) is 5.75 Å². The molecule has 14 N–H and O–H groups in total. The minimum atomic E-state index is -1.74. The van der Waals surface area contributed by atoms with Gasteiger partial charge in [-0.15, -0.1) is 11.3 Å². The molecule has 648 valence electrons. The zero-order valence-corrected chi connectivity index (χ0v) is 70.0. The van der Waals surface area contributed by atoms with Gasteiger partial charge in [0.1, 0.15) is 36.7 Å². The van der Waals surface area contributed by atoms with Crippen LogP contribution in [0.5, 0.6) is 5.75 Å². The monoisotopic (exact) mass is 1700 g/mol. The Morgan fingerprint density at radius 1 is 0.650 bits per heavy atom. The molecular weight excluding hydrogens is 1580 g/mol. The van der Waals surface area contributed by atoms with E-state index in [2.05, 4.69) is 47.4 Å². The average Bonchev–Trinajstić information content (AvgIpc) is 1.77. The number of phenols is 1. The average molecular weight is 1700 g/mol. The summed E-state index contributed by atoms with van der Waals surface area (Å²) in [5, 5.41) is 79.9. The molecule has 0 radical (unpaired) electrons. The summed E-state index contributed by atoms with van der Waals surface area (Å²) in [5.41, 5.74) is 1.82. The smallest absolute Gasteiger partial charge is 0.327 e. The van der Waals surface area contributed by atoms with Gasteiger partial charge in [0.05, 0.1) is 42.3 Å². The first-order chi connectivity index (χ1) is 55.5. The van der Waals surface area contributed by atoms with E-state index in [0.717, 1.165) is 53.0 Å². The number of carbonyl (C=O) groups excluding carboxylic acids is 11. The Kier molecular flexibility index (Phi) is 44.8. The number of amides is 9. The molecule has 1 aliphatic heterocycles. The predicted molar refractivity (Wildman–Crippen MR) is 433 cm³/mol. The van der Waals surface area contributed by atoms with E-state index in [4.69, 9.17) is 19.6 Å². The van der Waals surface area contributed by atoms with Gasteiger partial charge in [-0.1, -0.05) is 119 Å². The van der Waals surface area contributed by atoms with Gasteiger partial charge >= 0.3 is 53.8 Å². The molecule has 1 unspecified atom stereocenters. The number of phenolic OH excluding ortho intramolecular Hbond substituents is 1. The lowest BCUT2D eigenvalue weighted by Gasteiger charge is -2.39. The fourth-order valence-corrected chi connectivity index (χ4v) is 15.7. The number of thiazole rings is 1. The lowest BCUT2D eigenvalue weighted by atomic mass is 9.82. The molecule has 1 saturated heterocycles. The van der Waals surface area contributed by atoms with Crippen molar-refractivity contribution in [2.24, 2.45) is 29.6 Å². The molecule has 3 aromatic rings. The Bertz CT molecular complexity index is 3810. The molecule has 2 heterocycles. The number of carboxylic acid groups (broad SMARTS) is 5. The predicted octanol–water partition coefficient (Wildman–Crippen LogP) is 6.42. The van der Waals surface area contributed by atoms with Crippen LogP contribution in [0, 0.1) is 29.6 Å². The molecule has 1 fully saturated rings. The lowest BCUT2D eigenvalue weighted by Crippen LogP contribution is -2.50. The number of carboxylic acids is 5. The highest BCUT2D eigenvalue weighted by Gasteiger charge is 2.40. The first-order valence-corrected chi connectivity index (χ1v) is 42.6. The molecule has 1 aliphatic rings. The van der Waals surface area contributed by atoms with Gasteiger partial charge in [-0.2, -0.15) is 0 Å². The second-order valence-electron chi connectivity index (χ2n) is 29.6. The van der Waals surface area contributed by atoms with Crippen LogP contribution in [0.25, 0.3) is 0 Å². The number of aromatic hydroxyl groups is 1. The molecule has 35 nitrogen and oxygen atoms in total. The number of carbonyl (C=O) groups is 16. The number of likely N-dealkylation sites (N-methyl/N-ethyl adjacent to an activating group) is 1. The van der Waals surface area contributed by atoms with E-state index in [1.54, 1.807) is 41.5 Å². The summed E-state index contributed by atoms with van der Waals surface area (Å²) in [4.78, 5) is 214. The number of nitrogens with one attached hydrogen (secondary N) is 8. The second-order valence-corrected chi connectivity index (χ2v) is 33.1. The normalized spacial score (nSPS) is 15.3. The van der Waals surface area contributed by atoms with Crippen molar-refractivity contribution in [3.63, 3.8) is 0 Å². The number of aliphatic carboxylic acids is 5. The van der Waals surface area contributed by atoms with Crippen LogP contribution in [0.4, 0.5) is 9.59 Å². The summed E-state index contributed by atoms with van der Waals surface area (Å²) in [7, 11) is 3.92. The zero-order valence-electron chi connectivity index (χ0n) is 67.5. The maximum Gasteiger partial charge on any atom is 0.327 e. The van der Waals surface area contributed by atoms with Crippen LogP contribution in [0.3, 0.4) is 0 Å². The van der Waals surface area contributed by atoms with Gasteiger partial charge in [0.25, 0.3) is 5.91 Å². The van der Waals surface area contributed by atoms with Crippen LogP contribution in [-0.4, -0.2) is 235 Å². The van der Waals surface area contributed by atoms with Crippen molar-refractivity contribution in [3.05, 3.63) is 81.3 Å². The number of likely N-dealkylation sites (tertiary alicyclic amines) is 1. The van der Waals surface area contributed by atoms with Gasteiger partial charge < -0.3 is 87.5 Å². The lowest BCUT2D eigenvalue weighted by molar-refractivity contribution is -0.160. The van der Waals surface area contributed by atoms with Gasteiger partial charge in [0, 0.05) is 92.0 Å². The van der Waals surface area contributed by atoms with Crippen LogP contribution in [-0.2, 0) is 91.2 Å². The van der Waals surface area contributed by atoms with Crippen molar-refractivity contribution in [1.29, 1.82) is 0 Å². The molecule has 0 spiro atoms. The number of hydrogen-bond donors (Lipinski definition) is 14. The van der Waals surface area contributed by atoms with Crippen molar-refractivity contribution < 1.29 is 117 Å². The highest BCUT2D eigenvalue weighted by molar-refractivity contribution is 8.76. The van der Waals surface area contributed by atoms with Gasteiger partial charge in [-0.05, 0) is 118 Å². The number of hydrogen-bond acceptors (Lipinski definition) is 24. The van der Waals surface area contributed by atoms with Crippen molar-refractivity contribution in [2.45, 2.75) is 219 Å². The highest BCUT2D eigenvalue weighted by Crippen LogP contribution is 2.33. The summed E-state index contributed by atoms with van der Waals surface area (Å²) >= 11 is 1.26. The van der Waals surface area contributed by atoms with E-state index in [9.17, 15) is 102 Å². The molecule has 0 aliphatic carbocycles. The third-order valence-corrected chi connectivity index (χ3v) is 23.2. The van der Waals surface area contributed by atoms with Crippen LogP contribution < -0.4 is 42.5 Å². The maximum absolute atomic E-state index is 15.0. The molecule has 0 saturated carbocycles. The molecule has 117 heavy (non-hydrogen) atoms. The molecule has 38 heteroatoms. The van der Waals surface area contributed by atoms with Gasteiger partial charge in [0.15, 0.2) is 18.3 Å². The summed E-state index contributed by atoms with van der Waals surface area (Å²) in [6.45, 7) is 13.3. The number of Topliss-reactive ketones (excluding diaryl/α,β-unsaturated/α-hetero) is 2. The van der Waals surface area contributed by atoms with Gasteiger partial charge in [-0.3, -0.25) is 62.4 Å². The molecule has 1 aromatic heterocycles. The highest BCUT2D eigenvalue weighted by atomic mass is 33.1. The third kappa shape index (κ3) is 37.9. The van der Waals surface area contributed by atoms with E-state index < -0.39 is 157 Å². The summed E-state index contributed by atoms with van der Waals surface area (Å²) < 4.78 is 11.0. The number of urea groups is 2. The van der Waals surface area contributed by atoms with Gasteiger partial charge in [-0.25, -0.2) is 24.2 Å². The quantitative estimate of drug-likeness (QED) is 0.0125. The second kappa shape index (κ2) is 52.7. The van der Waals surface area contributed by atoms with Crippen LogP contribution in [0.1, 0.15) is 196 Å². The summed E-state index contributed by atoms with van der Waals surface area (Å²) in [6, 6.07) is 5.21. The van der Waals surface area contributed by atoms with Crippen LogP contribution >= 0.6 is 32.9 Å². The largest absolute Gasteiger partial charge is 0.508 e. The van der Waals surface area contributed by atoms with Crippen molar-refractivity contribution in [2.75, 3.05) is 58.1 Å². The fourth-order valence-electron chi connectivity index (χ4n) is 12.9. The Hall–Kier alpha value is -9.95.